The molecule has 0 fully saturated rings. The summed E-state index contributed by atoms with van der Waals surface area (Å²) in [6.45, 7) is -0.487. The van der Waals surface area contributed by atoms with E-state index >= 15 is 0 Å². The van der Waals surface area contributed by atoms with Gasteiger partial charge in [0.25, 0.3) is 13.4 Å². The Labute approximate surface area is 520 Å². The summed E-state index contributed by atoms with van der Waals surface area (Å²) in [6.07, 6.45) is 0. The Morgan fingerprint density at radius 2 is 0.719 bits per heavy atom. The number of benzene rings is 13. The van der Waals surface area contributed by atoms with E-state index in [9.17, 15) is 0 Å². The van der Waals surface area contributed by atoms with Crippen molar-refractivity contribution in [1.29, 1.82) is 0 Å². The lowest BCUT2D eigenvalue weighted by Crippen LogP contribution is -2.62. The molecule has 18 rings (SSSR count). The zero-order chi connectivity index (χ0) is 58.6. The van der Waals surface area contributed by atoms with E-state index < -0.39 is 10.0 Å². The standard InChI is InChI=1S/C80H54B2N4O2S/c1-9-29-55(30-10-1)83(56-31-11-2-12-32-56)61-49-71-78-72(50-61)86(60-39-19-6-20-40-60)70-54-73-68(53-67(70)81(78)66-46-26-27-47-69(66)85(71)59-37-17-5-18-38-59)82-77-65-45-25-28-48-76(65)89(63-41-21-7-22-42-63,64-43-23-8-24-44-64)80(77)88-75-52-62(51-74(87-73)79(75)82)84(57-33-13-3-14-34-57)58-35-15-4-16-36-58/h1-54H. The molecule has 9 heteroatoms. The van der Waals surface area contributed by atoms with Crippen LogP contribution in [0.1, 0.15) is 5.56 Å². The van der Waals surface area contributed by atoms with Crippen molar-refractivity contribution in [3.05, 3.63) is 338 Å². The van der Waals surface area contributed by atoms with E-state index in [1.165, 1.54) is 42.1 Å². The van der Waals surface area contributed by atoms with Gasteiger partial charge in [0.1, 0.15) is 17.2 Å². The lowest BCUT2D eigenvalue weighted by atomic mass is 9.30. The zero-order valence-corrected chi connectivity index (χ0v) is 49.2. The van der Waals surface area contributed by atoms with E-state index in [2.05, 4.69) is 347 Å². The number of rotatable bonds is 10. The maximum Gasteiger partial charge on any atom is 0.262 e. The second-order valence-electron chi connectivity index (χ2n) is 23.1. The predicted octanol–water partition coefficient (Wildman–Crippen LogP) is 18.0. The summed E-state index contributed by atoms with van der Waals surface area (Å²) in [5, 5.41) is 0.988. The fourth-order valence-electron chi connectivity index (χ4n) is 14.8. The van der Waals surface area contributed by atoms with Crippen molar-refractivity contribution < 1.29 is 9.47 Å². The van der Waals surface area contributed by atoms with Crippen LogP contribution in [0.15, 0.2) is 347 Å². The highest BCUT2D eigenvalue weighted by Crippen LogP contribution is 2.79. The van der Waals surface area contributed by atoms with Crippen molar-refractivity contribution >= 4 is 124 Å². The third-order valence-corrected chi connectivity index (χ3v) is 22.1. The molecule has 5 aliphatic heterocycles. The SMILES string of the molecule is c1ccc(N(c2ccccc2)c2cc3c4c(c2)Oc2cc5c(cc2B4C2=C(O3)S(c3ccccc3)(c3ccccc3)c3ccccc32)B2c3ccccc3N(c3ccccc3)c3cc(N(c4ccccc4)c4ccccc4)cc(c32)N5c2ccccc2)cc1. The minimum Gasteiger partial charge on any atom is -0.458 e. The summed E-state index contributed by atoms with van der Waals surface area (Å²) >= 11 is 0. The summed E-state index contributed by atoms with van der Waals surface area (Å²) in [7, 11) is -2.25. The summed E-state index contributed by atoms with van der Waals surface area (Å²) in [5.41, 5.74) is 20.9. The Kier molecular flexibility index (Phi) is 11.8. The smallest absolute Gasteiger partial charge is 0.262 e. The molecule has 5 heterocycles. The van der Waals surface area contributed by atoms with E-state index in [0.717, 1.165) is 102 Å². The lowest BCUT2D eigenvalue weighted by Gasteiger charge is -2.46. The first kappa shape index (κ1) is 51.1. The molecule has 6 nitrogen and oxygen atoms in total. The first-order valence-corrected chi connectivity index (χ1v) is 32.1. The van der Waals surface area contributed by atoms with Crippen LogP contribution in [0.25, 0.3) is 5.47 Å². The van der Waals surface area contributed by atoms with Crippen LogP contribution in [-0.2, 0) is 0 Å². The van der Waals surface area contributed by atoms with Gasteiger partial charge in [-0.15, -0.1) is 10.0 Å². The van der Waals surface area contributed by atoms with E-state index in [-0.39, 0.29) is 13.4 Å². The summed E-state index contributed by atoms with van der Waals surface area (Å²) in [5.74, 6) is 2.35. The van der Waals surface area contributed by atoms with Crippen LogP contribution in [-0.4, -0.2) is 13.4 Å². The van der Waals surface area contributed by atoms with E-state index in [0.29, 0.717) is 0 Å². The van der Waals surface area contributed by atoms with Crippen LogP contribution < -0.4 is 56.4 Å². The van der Waals surface area contributed by atoms with Crippen molar-refractivity contribution in [1.82, 2.24) is 0 Å². The molecule has 0 bridgehead atoms. The molecule has 0 aliphatic carbocycles. The van der Waals surface area contributed by atoms with Crippen molar-refractivity contribution in [3.63, 3.8) is 0 Å². The Morgan fingerprint density at radius 3 is 1.25 bits per heavy atom. The average molecular weight is 1160 g/mol. The normalized spacial score (nSPS) is 14.3. The first-order chi connectivity index (χ1) is 44.2. The summed E-state index contributed by atoms with van der Waals surface area (Å²) < 4.78 is 15.7. The maximum absolute atomic E-state index is 7.98. The van der Waals surface area contributed by atoms with Crippen LogP contribution in [0.5, 0.6) is 17.2 Å². The van der Waals surface area contributed by atoms with E-state index in [1.807, 2.05) is 0 Å². The van der Waals surface area contributed by atoms with Crippen LogP contribution in [0.4, 0.5) is 68.2 Å². The van der Waals surface area contributed by atoms with Gasteiger partial charge in [-0.2, -0.15) is 0 Å². The Balaban J connectivity index is 0.946. The minimum absolute atomic E-state index is 0.191. The molecule has 13 aromatic rings. The van der Waals surface area contributed by atoms with Crippen LogP contribution >= 0.6 is 10.0 Å². The van der Waals surface area contributed by atoms with Gasteiger partial charge in [0.15, 0.2) is 5.09 Å². The fraction of sp³-hybridized carbons (Fsp3) is 0. The van der Waals surface area contributed by atoms with E-state index in [1.54, 1.807) is 0 Å². The number of nitrogens with zero attached hydrogens (tertiary/aromatic N) is 4. The molecule has 89 heavy (non-hydrogen) atoms. The molecule has 0 saturated carbocycles. The highest BCUT2D eigenvalue weighted by molar-refractivity contribution is 8.37. The quantitative estimate of drug-likeness (QED) is 0.127. The fourth-order valence-corrected chi connectivity index (χ4v) is 18.9. The molecule has 0 radical (unpaired) electrons. The third-order valence-electron chi connectivity index (χ3n) is 18.3. The van der Waals surface area contributed by atoms with Crippen molar-refractivity contribution in [2.75, 3.05) is 19.6 Å². The number of hydrogen-bond donors (Lipinski definition) is 0. The lowest BCUT2D eigenvalue weighted by molar-refractivity contribution is 0.454. The second-order valence-corrected chi connectivity index (χ2v) is 26.1. The van der Waals surface area contributed by atoms with Gasteiger partial charge in [-0.1, -0.05) is 188 Å². The van der Waals surface area contributed by atoms with Gasteiger partial charge in [-0.25, -0.2) is 0 Å². The molecular weight excluding hydrogens is 1100 g/mol. The number of anilines is 12. The Hall–Kier alpha value is -11.1. The van der Waals surface area contributed by atoms with Crippen molar-refractivity contribution in [3.8, 4) is 17.2 Å². The summed E-state index contributed by atoms with van der Waals surface area (Å²) in [6, 6.07) is 119. The van der Waals surface area contributed by atoms with Gasteiger partial charge >= 0.3 is 0 Å². The molecule has 0 aromatic heterocycles. The van der Waals surface area contributed by atoms with Crippen LogP contribution in [0, 0.1) is 0 Å². The average Bonchev–Trinajstić information content (AvgIpc) is 1.66. The Bertz CT molecular complexity index is 4810. The monoisotopic (exact) mass is 1160 g/mol. The maximum atomic E-state index is 7.98. The van der Waals surface area contributed by atoms with Gasteiger partial charge in [0.2, 0.25) is 0 Å². The number of hydrogen-bond acceptors (Lipinski definition) is 6. The van der Waals surface area contributed by atoms with Gasteiger partial charge in [0.05, 0.1) is 11.4 Å². The molecule has 418 valence electrons. The zero-order valence-electron chi connectivity index (χ0n) is 48.3. The predicted molar refractivity (Wildman–Crippen MR) is 371 cm³/mol. The molecule has 0 N–H and O–H groups in total. The van der Waals surface area contributed by atoms with Gasteiger partial charge in [-0.3, -0.25) is 0 Å². The van der Waals surface area contributed by atoms with Crippen molar-refractivity contribution in [2.45, 2.75) is 14.7 Å². The second kappa shape index (κ2) is 20.5. The van der Waals surface area contributed by atoms with Crippen LogP contribution in [0.3, 0.4) is 0 Å². The van der Waals surface area contributed by atoms with Gasteiger partial charge < -0.3 is 29.1 Å². The van der Waals surface area contributed by atoms with E-state index in [4.69, 9.17) is 9.47 Å². The highest BCUT2D eigenvalue weighted by atomic mass is 32.3. The number of fused-ring (bicyclic) bond motifs is 9. The number of ether oxygens (including phenoxy) is 2. The van der Waals surface area contributed by atoms with Crippen LogP contribution in [0.2, 0.25) is 0 Å². The first-order valence-electron chi connectivity index (χ1n) is 30.5. The molecule has 0 spiro atoms. The van der Waals surface area contributed by atoms with Crippen molar-refractivity contribution in [2.24, 2.45) is 0 Å². The molecule has 0 saturated heterocycles. The molecule has 5 aliphatic rings. The van der Waals surface area contributed by atoms with Gasteiger partial charge in [0, 0.05) is 95.2 Å². The molecule has 0 unspecified atom stereocenters. The Morgan fingerprint density at radius 1 is 0.292 bits per heavy atom. The van der Waals surface area contributed by atoms with Gasteiger partial charge in [-0.05, 0) is 154 Å². The highest BCUT2D eigenvalue weighted by Gasteiger charge is 2.55. The number of para-hydroxylation sites is 7. The largest absolute Gasteiger partial charge is 0.458 e. The molecule has 0 amide bonds. The topological polar surface area (TPSA) is 31.4 Å². The minimum atomic E-state index is -2.25. The summed E-state index contributed by atoms with van der Waals surface area (Å²) in [4.78, 5) is 13.4. The molecule has 0 atom stereocenters. The third kappa shape index (κ3) is 7.81. The molecule has 13 aromatic carbocycles. The molecular formula is C80H54B2N4O2S.